The van der Waals surface area contributed by atoms with Gasteiger partial charge in [0.25, 0.3) is 0 Å². The van der Waals surface area contributed by atoms with Crippen LogP contribution in [0.25, 0.3) is 0 Å². The highest BCUT2D eigenvalue weighted by atomic mass is 79.9. The summed E-state index contributed by atoms with van der Waals surface area (Å²) in [4.78, 5) is 15.9. The van der Waals surface area contributed by atoms with Crippen molar-refractivity contribution in [1.82, 2.24) is 4.98 Å². The number of pyridine rings is 1. The first kappa shape index (κ1) is 13.7. The Kier molecular flexibility index (Phi) is 5.11. The van der Waals surface area contributed by atoms with Gasteiger partial charge >= 0.3 is 0 Å². The summed E-state index contributed by atoms with van der Waals surface area (Å²) >= 11 is 3.34. The monoisotopic (exact) mass is 295 g/mol. The molecule has 1 rings (SSSR count). The number of rotatable bonds is 4. The summed E-state index contributed by atoms with van der Waals surface area (Å²) in [5.41, 5.74) is 0.798. The third kappa shape index (κ3) is 3.82. The van der Waals surface area contributed by atoms with Crippen molar-refractivity contribution in [3.05, 3.63) is 22.3 Å². The van der Waals surface area contributed by atoms with Gasteiger partial charge in [-0.25, -0.2) is 4.98 Å². The zero-order valence-electron chi connectivity index (χ0n) is 9.83. The van der Waals surface area contributed by atoms with Crippen molar-refractivity contribution in [2.45, 2.75) is 26.7 Å². The maximum atomic E-state index is 11.7. The molecule has 1 aromatic rings. The largest absolute Gasteiger partial charge is 0.310 e. The van der Waals surface area contributed by atoms with Crippen LogP contribution in [0.2, 0.25) is 0 Å². The molecule has 0 saturated heterocycles. The van der Waals surface area contributed by atoms with Gasteiger partial charge in [0.15, 0.2) is 0 Å². The number of nitrogens with one attached hydrogen (secondary N) is 1. The second-order valence-electron chi connectivity index (χ2n) is 3.72. The van der Waals surface area contributed by atoms with Crippen molar-refractivity contribution in [2.75, 3.05) is 5.32 Å². The van der Waals surface area contributed by atoms with Crippen LogP contribution in [0.1, 0.15) is 25.5 Å². The third-order valence-corrected chi connectivity index (χ3v) is 3.16. The van der Waals surface area contributed by atoms with E-state index in [2.05, 4.69) is 26.2 Å². The van der Waals surface area contributed by atoms with Gasteiger partial charge in [-0.3, -0.25) is 4.79 Å². The molecule has 1 unspecified atom stereocenters. The summed E-state index contributed by atoms with van der Waals surface area (Å²) < 4.78 is 0.890. The van der Waals surface area contributed by atoms with E-state index in [9.17, 15) is 4.79 Å². The van der Waals surface area contributed by atoms with Gasteiger partial charge in [0.2, 0.25) is 5.91 Å². The first-order chi connectivity index (χ1) is 8.08. The van der Waals surface area contributed by atoms with Crippen molar-refractivity contribution in [3.63, 3.8) is 0 Å². The summed E-state index contributed by atoms with van der Waals surface area (Å²) in [6.45, 7) is 3.78. The number of aryl methyl sites for hydroxylation is 1. The van der Waals surface area contributed by atoms with Crippen molar-refractivity contribution in [3.8, 4) is 6.07 Å². The van der Waals surface area contributed by atoms with Crippen LogP contribution in [-0.2, 0) is 4.79 Å². The van der Waals surface area contributed by atoms with Gasteiger partial charge in [0.05, 0.1) is 11.8 Å². The molecule has 4 nitrogen and oxygen atoms in total. The maximum Gasteiger partial charge on any atom is 0.242 e. The zero-order chi connectivity index (χ0) is 12.8. The van der Waals surface area contributed by atoms with Crippen molar-refractivity contribution >= 4 is 27.7 Å². The van der Waals surface area contributed by atoms with E-state index in [1.807, 2.05) is 26.0 Å². The van der Waals surface area contributed by atoms with Crippen LogP contribution < -0.4 is 5.32 Å². The Morgan fingerprint density at radius 2 is 2.35 bits per heavy atom. The second-order valence-corrected chi connectivity index (χ2v) is 4.58. The Labute approximate surface area is 109 Å². The lowest BCUT2D eigenvalue weighted by atomic mass is 10.1. The average Bonchev–Trinajstić information content (AvgIpc) is 2.30. The molecule has 0 bridgehead atoms. The molecular weight excluding hydrogens is 282 g/mol. The molecule has 0 spiro atoms. The minimum absolute atomic E-state index is 0.288. The van der Waals surface area contributed by atoms with Gasteiger partial charge in [0.1, 0.15) is 11.7 Å². The molecule has 0 aliphatic heterocycles. The van der Waals surface area contributed by atoms with Crippen LogP contribution in [0.5, 0.6) is 0 Å². The lowest BCUT2D eigenvalue weighted by Gasteiger charge is -2.09. The Morgan fingerprint density at radius 3 is 2.88 bits per heavy atom. The number of amides is 1. The number of carbonyl (C=O) groups is 1. The lowest BCUT2D eigenvalue weighted by Crippen LogP contribution is -2.22. The Hall–Kier alpha value is -1.41. The normalized spacial score (nSPS) is 11.6. The molecule has 5 heteroatoms. The molecule has 1 aromatic heterocycles. The number of carbonyl (C=O) groups excluding carboxylic acids is 1. The first-order valence-corrected chi connectivity index (χ1v) is 6.21. The van der Waals surface area contributed by atoms with E-state index >= 15 is 0 Å². The Balaban J connectivity index is 2.74. The molecule has 0 fully saturated rings. The number of aromatic nitrogens is 1. The van der Waals surface area contributed by atoms with Crippen molar-refractivity contribution in [1.29, 1.82) is 5.26 Å². The van der Waals surface area contributed by atoms with E-state index in [-0.39, 0.29) is 5.91 Å². The number of nitrogens with zero attached hydrogens (tertiary/aromatic N) is 2. The van der Waals surface area contributed by atoms with Crippen LogP contribution in [0, 0.1) is 24.2 Å². The minimum atomic E-state index is -0.606. The molecule has 0 radical (unpaired) electrons. The van der Waals surface area contributed by atoms with E-state index in [4.69, 9.17) is 5.26 Å². The minimum Gasteiger partial charge on any atom is -0.310 e. The summed E-state index contributed by atoms with van der Waals surface area (Å²) in [6.07, 6.45) is 1.37. The smallest absolute Gasteiger partial charge is 0.242 e. The molecule has 1 atom stereocenters. The highest BCUT2D eigenvalue weighted by Gasteiger charge is 2.17. The van der Waals surface area contributed by atoms with Crippen LogP contribution in [0.3, 0.4) is 0 Å². The van der Waals surface area contributed by atoms with E-state index in [1.54, 1.807) is 6.07 Å². The summed E-state index contributed by atoms with van der Waals surface area (Å²) in [5.74, 6) is -0.415. The molecule has 0 aliphatic carbocycles. The second kappa shape index (κ2) is 6.36. The molecule has 1 heterocycles. The first-order valence-electron chi connectivity index (χ1n) is 5.42. The van der Waals surface area contributed by atoms with E-state index in [0.717, 1.165) is 16.6 Å². The van der Waals surface area contributed by atoms with Gasteiger partial charge in [-0.15, -0.1) is 0 Å². The third-order valence-electron chi connectivity index (χ3n) is 2.32. The molecule has 0 saturated carbocycles. The lowest BCUT2D eigenvalue weighted by molar-refractivity contribution is -0.118. The molecule has 90 valence electrons. The number of nitriles is 1. The average molecular weight is 296 g/mol. The number of hydrogen-bond donors (Lipinski definition) is 1. The summed E-state index contributed by atoms with van der Waals surface area (Å²) in [6, 6.07) is 5.52. The van der Waals surface area contributed by atoms with Gasteiger partial charge in [-0.2, -0.15) is 5.26 Å². The number of hydrogen-bond acceptors (Lipinski definition) is 3. The summed E-state index contributed by atoms with van der Waals surface area (Å²) in [7, 11) is 0. The van der Waals surface area contributed by atoms with E-state index < -0.39 is 5.92 Å². The fourth-order valence-corrected chi connectivity index (χ4v) is 1.59. The van der Waals surface area contributed by atoms with Crippen LogP contribution in [0.4, 0.5) is 5.82 Å². The quantitative estimate of drug-likeness (QED) is 0.928. The van der Waals surface area contributed by atoms with Crippen LogP contribution in [-0.4, -0.2) is 10.9 Å². The Morgan fingerprint density at radius 1 is 1.65 bits per heavy atom. The van der Waals surface area contributed by atoms with Crippen LogP contribution >= 0.6 is 15.9 Å². The van der Waals surface area contributed by atoms with Gasteiger partial charge in [-0.05, 0) is 41.4 Å². The predicted molar refractivity (Wildman–Crippen MR) is 69.3 cm³/mol. The molecular formula is C12H14BrN3O. The fourth-order valence-electron chi connectivity index (χ4n) is 1.37. The SMILES string of the molecule is CCCC(C#N)C(=O)Nc1ccc(Br)c(C)n1. The highest BCUT2D eigenvalue weighted by molar-refractivity contribution is 9.10. The standard InChI is InChI=1S/C12H14BrN3O/c1-3-4-9(7-14)12(17)16-11-6-5-10(13)8(2)15-11/h5-6,9H,3-4H2,1-2H3,(H,15,16,17). The summed E-state index contributed by atoms with van der Waals surface area (Å²) in [5, 5.41) is 11.5. The van der Waals surface area contributed by atoms with Gasteiger partial charge in [0, 0.05) is 4.47 Å². The maximum absolute atomic E-state index is 11.7. The van der Waals surface area contributed by atoms with Crippen molar-refractivity contribution in [2.24, 2.45) is 5.92 Å². The van der Waals surface area contributed by atoms with Crippen LogP contribution in [0.15, 0.2) is 16.6 Å². The number of halogens is 1. The molecule has 1 amide bonds. The topological polar surface area (TPSA) is 65.8 Å². The van der Waals surface area contributed by atoms with Gasteiger partial charge in [-0.1, -0.05) is 13.3 Å². The molecule has 0 aliphatic rings. The highest BCUT2D eigenvalue weighted by Crippen LogP contribution is 2.17. The number of anilines is 1. The molecule has 0 aromatic carbocycles. The zero-order valence-corrected chi connectivity index (χ0v) is 11.4. The fraction of sp³-hybridized carbons (Fsp3) is 0.417. The predicted octanol–water partition coefficient (Wildman–Crippen LogP) is 3.03. The van der Waals surface area contributed by atoms with E-state index in [0.29, 0.717) is 12.2 Å². The van der Waals surface area contributed by atoms with E-state index in [1.165, 1.54) is 0 Å². The van der Waals surface area contributed by atoms with Crippen molar-refractivity contribution < 1.29 is 4.79 Å². The Bertz CT molecular complexity index is 454. The van der Waals surface area contributed by atoms with Gasteiger partial charge < -0.3 is 5.32 Å². The molecule has 17 heavy (non-hydrogen) atoms. The molecule has 1 N–H and O–H groups in total.